The molecule has 0 N–H and O–H groups in total. The van der Waals surface area contributed by atoms with Crippen LogP contribution >= 0.6 is 35.3 Å². The van der Waals surface area contributed by atoms with Crippen LogP contribution in [0.15, 0.2) is 52.4 Å². The smallest absolute Gasteiger partial charge is 0.278 e. The molecule has 0 radical (unpaired) electrons. The van der Waals surface area contributed by atoms with Crippen molar-refractivity contribution in [3.8, 4) is 17.1 Å². The normalized spacial score (nSPS) is 14.1. The molecule has 1 saturated heterocycles. The summed E-state index contributed by atoms with van der Waals surface area (Å²) >= 11 is 8.43. The summed E-state index contributed by atoms with van der Waals surface area (Å²) < 4.78 is 21.4. The third-order valence-electron chi connectivity index (χ3n) is 5.62. The summed E-state index contributed by atoms with van der Waals surface area (Å²) in [6.45, 7) is 7.74. The van der Waals surface area contributed by atoms with E-state index in [1.807, 2.05) is 54.8 Å². The van der Waals surface area contributed by atoms with E-state index >= 15 is 0 Å². The minimum atomic E-state index is -0.329. The van der Waals surface area contributed by atoms with Crippen LogP contribution in [0.3, 0.4) is 0 Å². The molecular formula is C25H25N3O4S3. The van der Waals surface area contributed by atoms with E-state index in [0.29, 0.717) is 50.7 Å². The van der Waals surface area contributed by atoms with E-state index in [9.17, 15) is 4.79 Å². The van der Waals surface area contributed by atoms with Crippen molar-refractivity contribution in [1.82, 2.24) is 14.1 Å². The van der Waals surface area contributed by atoms with Gasteiger partial charge in [-0.3, -0.25) is 13.9 Å². The summed E-state index contributed by atoms with van der Waals surface area (Å²) in [7, 11) is 0. The maximum absolute atomic E-state index is 13.9. The molecule has 0 bridgehead atoms. The number of nitrogens with zero attached hydrogens (tertiary/aromatic N) is 3. The van der Waals surface area contributed by atoms with Crippen LogP contribution in [0.4, 0.5) is 0 Å². The predicted molar refractivity (Wildman–Crippen MR) is 142 cm³/mol. The van der Waals surface area contributed by atoms with Gasteiger partial charge in [0.25, 0.3) is 5.56 Å². The highest BCUT2D eigenvalue weighted by atomic mass is 32.2. The van der Waals surface area contributed by atoms with Gasteiger partial charge < -0.3 is 14.2 Å². The van der Waals surface area contributed by atoms with E-state index in [0.717, 1.165) is 22.6 Å². The van der Waals surface area contributed by atoms with Gasteiger partial charge in [-0.25, -0.2) is 4.98 Å². The predicted octanol–water partition coefficient (Wildman–Crippen LogP) is 5.45. The Labute approximate surface area is 216 Å². The number of thiazole rings is 1. The van der Waals surface area contributed by atoms with E-state index < -0.39 is 0 Å². The molecule has 0 saturated carbocycles. The first kappa shape index (κ1) is 24.2. The quantitative estimate of drug-likeness (QED) is 0.180. The molecule has 4 aromatic rings. The SMILES string of the molecule is CCOc1ccc(-n2c(SCC3OCCO3)nc3c(sc(=S)n3-c3ccc(C)cc3C)c2=O)cc1. The highest BCUT2D eigenvalue weighted by Gasteiger charge is 2.22. The van der Waals surface area contributed by atoms with Crippen molar-refractivity contribution >= 4 is 45.7 Å². The topological polar surface area (TPSA) is 67.5 Å². The van der Waals surface area contributed by atoms with Gasteiger partial charge in [-0.05, 0) is 68.9 Å². The molecule has 35 heavy (non-hydrogen) atoms. The van der Waals surface area contributed by atoms with Crippen molar-refractivity contribution in [3.05, 3.63) is 67.9 Å². The molecule has 10 heteroatoms. The van der Waals surface area contributed by atoms with E-state index in [1.54, 1.807) is 4.57 Å². The van der Waals surface area contributed by atoms with Crippen LogP contribution in [0.5, 0.6) is 5.75 Å². The van der Waals surface area contributed by atoms with E-state index in [2.05, 4.69) is 13.0 Å². The molecule has 1 fully saturated rings. The average Bonchev–Trinajstić information content (AvgIpc) is 3.47. The molecule has 0 spiro atoms. The van der Waals surface area contributed by atoms with Crippen molar-refractivity contribution in [2.75, 3.05) is 25.6 Å². The summed E-state index contributed by atoms with van der Waals surface area (Å²) in [6, 6.07) is 13.6. The molecule has 2 aromatic heterocycles. The van der Waals surface area contributed by atoms with Crippen molar-refractivity contribution in [1.29, 1.82) is 0 Å². The van der Waals surface area contributed by atoms with Crippen LogP contribution < -0.4 is 10.3 Å². The third-order valence-corrected chi connectivity index (χ3v) is 7.94. The Morgan fingerprint density at radius 1 is 1.14 bits per heavy atom. The summed E-state index contributed by atoms with van der Waals surface area (Å²) in [6.07, 6.45) is -0.329. The number of benzene rings is 2. The molecule has 5 rings (SSSR count). The minimum Gasteiger partial charge on any atom is -0.494 e. The summed E-state index contributed by atoms with van der Waals surface area (Å²) in [5.74, 6) is 1.26. The second kappa shape index (κ2) is 10.2. The van der Waals surface area contributed by atoms with Crippen LogP contribution in [0.1, 0.15) is 18.1 Å². The van der Waals surface area contributed by atoms with Crippen molar-refractivity contribution in [2.24, 2.45) is 0 Å². The third kappa shape index (κ3) is 4.81. The number of hydrogen-bond donors (Lipinski definition) is 0. The molecule has 2 aromatic carbocycles. The largest absolute Gasteiger partial charge is 0.494 e. The Balaban J connectivity index is 1.69. The number of aromatic nitrogens is 3. The molecule has 7 nitrogen and oxygen atoms in total. The van der Waals surface area contributed by atoms with Gasteiger partial charge in [-0.2, -0.15) is 0 Å². The monoisotopic (exact) mass is 527 g/mol. The lowest BCUT2D eigenvalue weighted by molar-refractivity contribution is -0.0215. The first-order chi connectivity index (χ1) is 17.0. The zero-order valence-corrected chi connectivity index (χ0v) is 22.1. The maximum atomic E-state index is 13.9. The van der Waals surface area contributed by atoms with Crippen LogP contribution in [-0.2, 0) is 9.47 Å². The van der Waals surface area contributed by atoms with Crippen molar-refractivity contribution in [2.45, 2.75) is 32.2 Å². The number of ether oxygens (including phenoxy) is 3. The zero-order valence-electron chi connectivity index (χ0n) is 19.6. The molecule has 3 heterocycles. The molecule has 1 aliphatic heterocycles. The van der Waals surface area contributed by atoms with E-state index in [1.165, 1.54) is 23.1 Å². The lowest BCUT2D eigenvalue weighted by atomic mass is 10.1. The maximum Gasteiger partial charge on any atom is 0.278 e. The van der Waals surface area contributed by atoms with Crippen LogP contribution in [0.25, 0.3) is 21.7 Å². The Kier molecular flexibility index (Phi) is 7.08. The zero-order chi connectivity index (χ0) is 24.5. The molecule has 0 unspecified atom stereocenters. The number of thioether (sulfide) groups is 1. The Morgan fingerprint density at radius 2 is 1.89 bits per heavy atom. The van der Waals surface area contributed by atoms with Gasteiger partial charge in [0, 0.05) is 0 Å². The van der Waals surface area contributed by atoms with Gasteiger partial charge in [-0.15, -0.1) is 0 Å². The van der Waals surface area contributed by atoms with Crippen LogP contribution in [-0.4, -0.2) is 46.0 Å². The lowest BCUT2D eigenvalue weighted by Gasteiger charge is -2.15. The Bertz CT molecular complexity index is 1490. The van der Waals surface area contributed by atoms with Gasteiger partial charge in [0.15, 0.2) is 21.0 Å². The fourth-order valence-corrected chi connectivity index (χ4v) is 6.27. The number of fused-ring (bicyclic) bond motifs is 1. The number of hydrogen-bond acceptors (Lipinski definition) is 8. The van der Waals surface area contributed by atoms with Gasteiger partial charge >= 0.3 is 0 Å². The lowest BCUT2D eigenvalue weighted by Crippen LogP contribution is -2.22. The minimum absolute atomic E-state index is 0.158. The molecule has 0 aliphatic carbocycles. The second-order valence-electron chi connectivity index (χ2n) is 8.09. The highest BCUT2D eigenvalue weighted by molar-refractivity contribution is 7.99. The van der Waals surface area contributed by atoms with E-state index in [4.69, 9.17) is 31.4 Å². The Morgan fingerprint density at radius 3 is 2.57 bits per heavy atom. The van der Waals surface area contributed by atoms with E-state index in [-0.39, 0.29) is 11.8 Å². The molecule has 1 aliphatic rings. The van der Waals surface area contributed by atoms with Gasteiger partial charge in [0.1, 0.15) is 10.4 Å². The molecule has 182 valence electrons. The average molecular weight is 528 g/mol. The van der Waals surface area contributed by atoms with Gasteiger partial charge in [0.05, 0.1) is 36.9 Å². The Hall–Kier alpha value is -2.50. The highest BCUT2D eigenvalue weighted by Crippen LogP contribution is 2.30. The van der Waals surface area contributed by atoms with Crippen LogP contribution in [0, 0.1) is 17.8 Å². The second-order valence-corrected chi connectivity index (χ2v) is 10.7. The summed E-state index contributed by atoms with van der Waals surface area (Å²) in [4.78, 5) is 18.8. The number of rotatable bonds is 7. The fraction of sp³-hybridized carbons (Fsp3) is 0.320. The first-order valence-electron chi connectivity index (χ1n) is 11.3. The molecular weight excluding hydrogens is 502 g/mol. The van der Waals surface area contributed by atoms with Crippen molar-refractivity contribution < 1.29 is 14.2 Å². The van der Waals surface area contributed by atoms with Gasteiger partial charge in [-0.1, -0.05) is 40.8 Å². The fourth-order valence-electron chi connectivity index (χ4n) is 4.03. The number of aryl methyl sites for hydroxylation is 2. The summed E-state index contributed by atoms with van der Waals surface area (Å²) in [5.41, 5.74) is 4.28. The standard InChI is InChI=1S/C25H25N3O4S3/c1-4-30-18-8-6-17(7-9-18)27-23(29)21-22(26-24(27)34-14-20-31-11-12-32-20)28(25(33)35-21)19-10-5-15(2)13-16(19)3/h5-10,13,20H,4,11-12,14H2,1-3H3. The summed E-state index contributed by atoms with van der Waals surface area (Å²) in [5, 5.41) is 0.553. The van der Waals surface area contributed by atoms with Crippen molar-refractivity contribution in [3.63, 3.8) is 0 Å². The first-order valence-corrected chi connectivity index (χ1v) is 13.5. The van der Waals surface area contributed by atoms with Gasteiger partial charge in [0.2, 0.25) is 0 Å². The molecule has 0 amide bonds. The van der Waals surface area contributed by atoms with Crippen LogP contribution in [0.2, 0.25) is 0 Å². The molecule has 0 atom stereocenters.